The van der Waals surface area contributed by atoms with Crippen LogP contribution in [0.1, 0.15) is 12.8 Å². The van der Waals surface area contributed by atoms with Gasteiger partial charge in [0, 0.05) is 37.3 Å². The molecule has 0 aliphatic heterocycles. The monoisotopic (exact) mass is 264 g/mol. The number of benzene rings is 1. The average molecular weight is 264 g/mol. The van der Waals surface area contributed by atoms with Crippen molar-refractivity contribution in [1.82, 2.24) is 5.32 Å². The molecule has 1 fully saturated rings. The molecule has 0 spiro atoms. The standard InChI is InChI=1S/C15H24N2O2/c1-16-10-15(7-8-15)11-17(2)12-5-6-13(18-3)14(9-12)19-4/h5-6,9,16H,7-8,10-11H2,1-4H3. The van der Waals surface area contributed by atoms with E-state index >= 15 is 0 Å². The lowest BCUT2D eigenvalue weighted by Crippen LogP contribution is -2.32. The molecule has 0 amide bonds. The molecule has 0 unspecified atom stereocenters. The molecule has 2 rings (SSSR count). The number of anilines is 1. The number of hydrogen-bond donors (Lipinski definition) is 1. The normalized spacial score (nSPS) is 16.0. The molecule has 0 radical (unpaired) electrons. The molecular weight excluding hydrogens is 240 g/mol. The third-order valence-corrected chi connectivity index (χ3v) is 3.89. The molecule has 1 aromatic carbocycles. The summed E-state index contributed by atoms with van der Waals surface area (Å²) < 4.78 is 10.6. The topological polar surface area (TPSA) is 33.7 Å². The third kappa shape index (κ3) is 3.13. The van der Waals surface area contributed by atoms with Crippen LogP contribution in [-0.2, 0) is 0 Å². The Bertz CT molecular complexity index is 430. The Morgan fingerprint density at radius 2 is 1.89 bits per heavy atom. The molecule has 1 saturated carbocycles. The average Bonchev–Trinajstić information content (AvgIpc) is 3.17. The molecule has 0 bridgehead atoms. The van der Waals surface area contributed by atoms with Gasteiger partial charge in [-0.05, 0) is 32.0 Å². The first-order chi connectivity index (χ1) is 9.14. The van der Waals surface area contributed by atoms with Crippen LogP contribution in [0, 0.1) is 5.41 Å². The lowest BCUT2D eigenvalue weighted by atomic mass is 10.1. The van der Waals surface area contributed by atoms with Gasteiger partial charge in [0.25, 0.3) is 0 Å². The number of methoxy groups -OCH3 is 2. The fourth-order valence-corrected chi connectivity index (χ4v) is 2.60. The van der Waals surface area contributed by atoms with E-state index < -0.39 is 0 Å². The van der Waals surface area contributed by atoms with Crippen molar-refractivity contribution in [2.45, 2.75) is 12.8 Å². The van der Waals surface area contributed by atoms with E-state index in [9.17, 15) is 0 Å². The van der Waals surface area contributed by atoms with Gasteiger partial charge in [0.05, 0.1) is 14.2 Å². The fourth-order valence-electron chi connectivity index (χ4n) is 2.60. The molecule has 0 saturated heterocycles. The summed E-state index contributed by atoms with van der Waals surface area (Å²) in [5, 5.41) is 3.30. The van der Waals surface area contributed by atoms with E-state index in [0.29, 0.717) is 5.41 Å². The van der Waals surface area contributed by atoms with Gasteiger partial charge in [-0.1, -0.05) is 0 Å². The van der Waals surface area contributed by atoms with Gasteiger partial charge in [0.15, 0.2) is 11.5 Å². The Kier molecular flexibility index (Phi) is 4.20. The van der Waals surface area contributed by atoms with Gasteiger partial charge >= 0.3 is 0 Å². The van der Waals surface area contributed by atoms with Gasteiger partial charge in [-0.3, -0.25) is 0 Å². The largest absolute Gasteiger partial charge is 0.493 e. The van der Waals surface area contributed by atoms with Crippen molar-refractivity contribution in [3.8, 4) is 11.5 Å². The Balaban J connectivity index is 2.09. The maximum Gasteiger partial charge on any atom is 0.162 e. The highest BCUT2D eigenvalue weighted by atomic mass is 16.5. The maximum absolute atomic E-state index is 5.36. The molecule has 1 aliphatic carbocycles. The lowest BCUT2D eigenvalue weighted by molar-refractivity contribution is 0.355. The predicted octanol–water partition coefficient (Wildman–Crippen LogP) is 2.14. The summed E-state index contributed by atoms with van der Waals surface area (Å²) in [6.07, 6.45) is 2.62. The zero-order chi connectivity index (χ0) is 13.9. The van der Waals surface area contributed by atoms with Gasteiger partial charge in [-0.2, -0.15) is 0 Å². The molecule has 1 aliphatic rings. The highest BCUT2D eigenvalue weighted by molar-refractivity contribution is 5.56. The van der Waals surface area contributed by atoms with Crippen LogP contribution in [0.5, 0.6) is 11.5 Å². The molecule has 0 atom stereocenters. The van der Waals surface area contributed by atoms with Gasteiger partial charge in [0.1, 0.15) is 0 Å². The quantitative estimate of drug-likeness (QED) is 0.818. The Morgan fingerprint density at radius 3 is 2.42 bits per heavy atom. The highest BCUT2D eigenvalue weighted by Gasteiger charge is 2.42. The van der Waals surface area contributed by atoms with Crippen LogP contribution in [0.25, 0.3) is 0 Å². The van der Waals surface area contributed by atoms with Crippen LogP contribution in [-0.4, -0.2) is 41.4 Å². The number of nitrogens with zero attached hydrogens (tertiary/aromatic N) is 1. The summed E-state index contributed by atoms with van der Waals surface area (Å²) in [4.78, 5) is 2.30. The summed E-state index contributed by atoms with van der Waals surface area (Å²) >= 11 is 0. The zero-order valence-corrected chi connectivity index (χ0v) is 12.3. The molecule has 1 N–H and O–H groups in total. The minimum absolute atomic E-state index is 0.455. The zero-order valence-electron chi connectivity index (χ0n) is 12.3. The maximum atomic E-state index is 5.36. The highest BCUT2D eigenvalue weighted by Crippen LogP contribution is 2.46. The lowest BCUT2D eigenvalue weighted by Gasteiger charge is -2.26. The molecule has 1 aromatic rings. The smallest absolute Gasteiger partial charge is 0.162 e. The van der Waals surface area contributed by atoms with Crippen LogP contribution in [0.3, 0.4) is 0 Å². The molecule has 0 heterocycles. The Hall–Kier alpha value is -1.42. The van der Waals surface area contributed by atoms with Crippen LogP contribution in [0.4, 0.5) is 5.69 Å². The second-order valence-electron chi connectivity index (χ2n) is 5.43. The van der Waals surface area contributed by atoms with E-state index in [1.165, 1.54) is 18.5 Å². The summed E-state index contributed by atoms with van der Waals surface area (Å²) in [6, 6.07) is 6.08. The van der Waals surface area contributed by atoms with Crippen molar-refractivity contribution < 1.29 is 9.47 Å². The predicted molar refractivity (Wildman–Crippen MR) is 78.4 cm³/mol. The fraction of sp³-hybridized carbons (Fsp3) is 0.600. The minimum Gasteiger partial charge on any atom is -0.493 e. The van der Waals surface area contributed by atoms with Crippen molar-refractivity contribution in [3.63, 3.8) is 0 Å². The van der Waals surface area contributed by atoms with Crippen molar-refractivity contribution in [2.75, 3.05) is 46.3 Å². The van der Waals surface area contributed by atoms with Crippen molar-refractivity contribution in [1.29, 1.82) is 0 Å². The SMILES string of the molecule is CNCC1(CN(C)c2ccc(OC)c(OC)c2)CC1. The minimum atomic E-state index is 0.455. The van der Waals surface area contributed by atoms with Crippen LogP contribution in [0.2, 0.25) is 0 Å². The van der Waals surface area contributed by atoms with Crippen LogP contribution < -0.4 is 19.7 Å². The van der Waals surface area contributed by atoms with Crippen molar-refractivity contribution in [3.05, 3.63) is 18.2 Å². The van der Waals surface area contributed by atoms with E-state index in [2.05, 4.69) is 23.3 Å². The Morgan fingerprint density at radius 1 is 1.21 bits per heavy atom. The first-order valence-electron chi connectivity index (χ1n) is 6.72. The first kappa shape index (κ1) is 14.0. The summed E-state index contributed by atoms with van der Waals surface area (Å²) in [6.45, 7) is 2.16. The number of nitrogens with one attached hydrogen (secondary N) is 1. The van der Waals surface area contributed by atoms with E-state index in [1.807, 2.05) is 19.2 Å². The van der Waals surface area contributed by atoms with Crippen molar-refractivity contribution >= 4 is 5.69 Å². The molecule has 4 nitrogen and oxygen atoms in total. The van der Waals surface area contributed by atoms with Crippen molar-refractivity contribution in [2.24, 2.45) is 5.41 Å². The van der Waals surface area contributed by atoms with E-state index in [4.69, 9.17) is 9.47 Å². The van der Waals surface area contributed by atoms with E-state index in [1.54, 1.807) is 14.2 Å². The molecule has 19 heavy (non-hydrogen) atoms. The molecule has 0 aromatic heterocycles. The van der Waals surface area contributed by atoms with E-state index in [-0.39, 0.29) is 0 Å². The number of hydrogen-bond acceptors (Lipinski definition) is 4. The van der Waals surface area contributed by atoms with E-state index in [0.717, 1.165) is 24.6 Å². The second-order valence-corrected chi connectivity index (χ2v) is 5.43. The van der Waals surface area contributed by atoms with Gasteiger partial charge < -0.3 is 19.7 Å². The Labute approximate surface area is 115 Å². The molecule has 106 valence electrons. The molecule has 4 heteroatoms. The number of rotatable bonds is 7. The first-order valence-corrected chi connectivity index (χ1v) is 6.72. The van der Waals surface area contributed by atoms with Gasteiger partial charge in [-0.25, -0.2) is 0 Å². The van der Waals surface area contributed by atoms with Gasteiger partial charge in [-0.15, -0.1) is 0 Å². The summed E-state index contributed by atoms with van der Waals surface area (Å²) in [5.41, 5.74) is 1.62. The molecular formula is C15H24N2O2. The third-order valence-electron chi connectivity index (χ3n) is 3.89. The van der Waals surface area contributed by atoms with Gasteiger partial charge in [0.2, 0.25) is 0 Å². The second kappa shape index (κ2) is 5.70. The van der Waals surface area contributed by atoms with Crippen LogP contribution in [0.15, 0.2) is 18.2 Å². The number of ether oxygens (including phenoxy) is 2. The van der Waals surface area contributed by atoms with Crippen LogP contribution >= 0.6 is 0 Å². The summed E-state index contributed by atoms with van der Waals surface area (Å²) in [5.74, 6) is 1.56. The summed E-state index contributed by atoms with van der Waals surface area (Å²) in [7, 11) is 7.49.